The van der Waals surface area contributed by atoms with Gasteiger partial charge >= 0.3 is 0 Å². The number of aliphatic hydroxyl groups excluding tert-OH is 1. The van der Waals surface area contributed by atoms with Crippen LogP contribution in [0.3, 0.4) is 0 Å². The molecule has 1 amide bonds. The molecule has 6 nitrogen and oxygen atoms in total. The summed E-state index contributed by atoms with van der Waals surface area (Å²) in [6.07, 6.45) is 0.828. The summed E-state index contributed by atoms with van der Waals surface area (Å²) in [6, 6.07) is 20.1. The number of hydrogen-bond donors (Lipinski definition) is 1. The van der Waals surface area contributed by atoms with Crippen molar-refractivity contribution >= 4 is 15.7 Å². The summed E-state index contributed by atoms with van der Waals surface area (Å²) < 4.78 is 32.6. The van der Waals surface area contributed by atoms with Crippen molar-refractivity contribution in [1.29, 1.82) is 0 Å². The van der Waals surface area contributed by atoms with Gasteiger partial charge in [-0.05, 0) is 54.3 Å². The minimum absolute atomic E-state index is 0.0360. The van der Waals surface area contributed by atoms with E-state index in [9.17, 15) is 18.3 Å². The highest BCUT2D eigenvalue weighted by atomic mass is 32.2. The van der Waals surface area contributed by atoms with E-state index in [-0.39, 0.29) is 16.3 Å². The molecule has 3 aromatic carbocycles. The molecule has 0 saturated heterocycles. The molecule has 4 rings (SSSR count). The van der Waals surface area contributed by atoms with Crippen LogP contribution in [0.25, 0.3) is 0 Å². The van der Waals surface area contributed by atoms with Crippen LogP contribution in [-0.2, 0) is 27.6 Å². The Labute approximate surface area is 200 Å². The fourth-order valence-electron chi connectivity index (χ4n) is 4.11. The zero-order chi connectivity index (χ0) is 24.5. The van der Waals surface area contributed by atoms with Crippen molar-refractivity contribution in [3.05, 3.63) is 106 Å². The Balaban J connectivity index is 1.82. The molecule has 7 heteroatoms. The molecule has 1 N–H and O–H groups in total. The summed E-state index contributed by atoms with van der Waals surface area (Å²) in [6.45, 7) is 4.02. The molecule has 1 aliphatic heterocycles. The highest BCUT2D eigenvalue weighted by molar-refractivity contribution is 7.95. The lowest BCUT2D eigenvalue weighted by atomic mass is 10.0. The fourth-order valence-corrected chi connectivity index (χ4v) is 5.75. The number of amides is 1. The fraction of sp³-hybridized carbons (Fsp3) is 0.222. The van der Waals surface area contributed by atoms with Gasteiger partial charge in [0.1, 0.15) is 10.7 Å². The van der Waals surface area contributed by atoms with E-state index < -0.39 is 27.5 Å². The van der Waals surface area contributed by atoms with E-state index in [1.165, 1.54) is 17.0 Å². The van der Waals surface area contributed by atoms with Gasteiger partial charge in [0.15, 0.2) is 5.76 Å². The van der Waals surface area contributed by atoms with Crippen molar-refractivity contribution in [2.45, 2.75) is 37.8 Å². The smallest absolute Gasteiger partial charge is 0.290 e. The quantitative estimate of drug-likeness (QED) is 0.524. The lowest BCUT2D eigenvalue weighted by molar-refractivity contribution is -0.130. The predicted octanol–water partition coefficient (Wildman–Crippen LogP) is 4.89. The number of nitrogens with zero attached hydrogens (tertiary/aromatic N) is 1. The standard InChI is InChI=1S/C27H27NO5S/c1-4-19-7-11-21(12-8-19)24-26(34(31,32)23-15-5-18(2)6-16-23)25(29)27(30)28(24)17-20-9-13-22(33-3)14-10-20/h5-16,24,29H,4,17H2,1-3H3/t24-/m0/s1. The van der Waals surface area contributed by atoms with Crippen LogP contribution in [0.2, 0.25) is 0 Å². The van der Waals surface area contributed by atoms with E-state index in [0.29, 0.717) is 11.3 Å². The first-order valence-electron chi connectivity index (χ1n) is 11.0. The summed E-state index contributed by atoms with van der Waals surface area (Å²) in [5, 5.41) is 10.9. The third-order valence-electron chi connectivity index (χ3n) is 6.09. The highest BCUT2D eigenvalue weighted by Gasteiger charge is 2.46. The van der Waals surface area contributed by atoms with Crippen molar-refractivity contribution in [3.63, 3.8) is 0 Å². The van der Waals surface area contributed by atoms with Crippen LogP contribution in [0, 0.1) is 6.92 Å². The molecule has 0 spiro atoms. The maximum absolute atomic E-state index is 13.7. The molecule has 0 bridgehead atoms. The van der Waals surface area contributed by atoms with Crippen LogP contribution < -0.4 is 4.74 Å². The Bertz CT molecular complexity index is 1330. The molecule has 0 unspecified atom stereocenters. The minimum atomic E-state index is -4.14. The topological polar surface area (TPSA) is 83.9 Å². The zero-order valence-electron chi connectivity index (χ0n) is 19.4. The molecule has 34 heavy (non-hydrogen) atoms. The summed E-state index contributed by atoms with van der Waals surface area (Å²) in [5.41, 5.74) is 3.40. The summed E-state index contributed by atoms with van der Waals surface area (Å²) in [7, 11) is -2.57. The third-order valence-corrected chi connectivity index (χ3v) is 7.98. The highest BCUT2D eigenvalue weighted by Crippen LogP contribution is 2.43. The van der Waals surface area contributed by atoms with Gasteiger partial charge in [0.05, 0.1) is 18.0 Å². The SMILES string of the molecule is CCc1ccc([C@H]2C(S(=O)(=O)c3ccc(C)cc3)=C(O)C(=O)N2Cc2ccc(OC)cc2)cc1. The molecule has 3 aromatic rings. The van der Waals surface area contributed by atoms with Gasteiger partial charge in [-0.1, -0.05) is 61.0 Å². The van der Waals surface area contributed by atoms with Crippen molar-refractivity contribution in [2.75, 3.05) is 7.11 Å². The number of ether oxygens (including phenoxy) is 1. The summed E-state index contributed by atoms with van der Waals surface area (Å²) in [5.74, 6) is -0.781. The first-order chi connectivity index (χ1) is 16.3. The van der Waals surface area contributed by atoms with Crippen LogP contribution >= 0.6 is 0 Å². The number of hydrogen-bond acceptors (Lipinski definition) is 5. The number of sulfone groups is 1. The largest absolute Gasteiger partial charge is 0.502 e. The summed E-state index contributed by atoms with van der Waals surface area (Å²) in [4.78, 5) is 14.4. The Morgan fingerprint density at radius 1 is 0.912 bits per heavy atom. The second-order valence-corrected chi connectivity index (χ2v) is 10.2. The molecule has 0 aromatic heterocycles. The number of methoxy groups -OCH3 is 1. The molecule has 176 valence electrons. The minimum Gasteiger partial charge on any atom is -0.502 e. The zero-order valence-corrected chi connectivity index (χ0v) is 20.2. The van der Waals surface area contributed by atoms with E-state index in [1.807, 2.05) is 50.2 Å². The van der Waals surface area contributed by atoms with Crippen molar-refractivity contribution in [1.82, 2.24) is 4.90 Å². The van der Waals surface area contributed by atoms with E-state index in [2.05, 4.69) is 0 Å². The van der Waals surface area contributed by atoms with Crippen LogP contribution in [0.1, 0.15) is 35.2 Å². The first kappa shape index (κ1) is 23.6. The van der Waals surface area contributed by atoms with E-state index >= 15 is 0 Å². The van der Waals surface area contributed by atoms with Gasteiger partial charge in [-0.3, -0.25) is 4.79 Å². The molecular formula is C27H27NO5S. The van der Waals surface area contributed by atoms with Crippen molar-refractivity contribution < 1.29 is 23.1 Å². The van der Waals surface area contributed by atoms with Gasteiger partial charge in [-0.2, -0.15) is 0 Å². The number of aliphatic hydroxyl groups is 1. The van der Waals surface area contributed by atoms with E-state index in [4.69, 9.17) is 4.74 Å². The molecule has 0 aliphatic carbocycles. The lowest BCUT2D eigenvalue weighted by Gasteiger charge is -2.27. The average Bonchev–Trinajstić information content (AvgIpc) is 3.10. The molecular weight excluding hydrogens is 450 g/mol. The number of carbonyl (C=O) groups excluding carboxylic acids is 1. The van der Waals surface area contributed by atoms with Gasteiger partial charge < -0.3 is 14.7 Å². The first-order valence-corrected chi connectivity index (χ1v) is 12.5. The maximum Gasteiger partial charge on any atom is 0.290 e. The van der Waals surface area contributed by atoms with Crippen molar-refractivity contribution in [2.24, 2.45) is 0 Å². The van der Waals surface area contributed by atoms with Gasteiger partial charge in [0.25, 0.3) is 5.91 Å². The number of benzene rings is 3. The van der Waals surface area contributed by atoms with Gasteiger partial charge in [0.2, 0.25) is 9.84 Å². The van der Waals surface area contributed by atoms with E-state index in [1.54, 1.807) is 31.4 Å². The van der Waals surface area contributed by atoms with Crippen LogP contribution in [0.15, 0.2) is 88.4 Å². The van der Waals surface area contributed by atoms with Crippen LogP contribution in [-0.4, -0.2) is 31.4 Å². The van der Waals surface area contributed by atoms with E-state index in [0.717, 1.165) is 23.1 Å². The molecule has 0 radical (unpaired) electrons. The van der Waals surface area contributed by atoms with Crippen LogP contribution in [0.4, 0.5) is 0 Å². The van der Waals surface area contributed by atoms with Gasteiger partial charge in [0, 0.05) is 6.54 Å². The second-order valence-electron chi connectivity index (χ2n) is 8.31. The molecule has 0 saturated carbocycles. The van der Waals surface area contributed by atoms with Crippen LogP contribution in [0.5, 0.6) is 5.75 Å². The predicted molar refractivity (Wildman–Crippen MR) is 130 cm³/mol. The normalized spacial score (nSPS) is 16.3. The number of aryl methyl sites for hydroxylation is 2. The average molecular weight is 478 g/mol. The van der Waals surface area contributed by atoms with Gasteiger partial charge in [-0.25, -0.2) is 8.42 Å². The summed E-state index contributed by atoms with van der Waals surface area (Å²) >= 11 is 0. The molecule has 0 fully saturated rings. The Kier molecular flexibility index (Phi) is 6.48. The monoisotopic (exact) mass is 477 g/mol. The Morgan fingerprint density at radius 3 is 2.06 bits per heavy atom. The molecule has 1 aliphatic rings. The number of rotatable bonds is 7. The van der Waals surface area contributed by atoms with Crippen molar-refractivity contribution in [3.8, 4) is 5.75 Å². The maximum atomic E-state index is 13.7. The third kappa shape index (κ3) is 4.31. The Hall–Kier alpha value is -3.58. The lowest BCUT2D eigenvalue weighted by Crippen LogP contribution is -2.30. The Morgan fingerprint density at radius 2 is 1.50 bits per heavy atom. The second kappa shape index (κ2) is 9.35. The van der Waals surface area contributed by atoms with Gasteiger partial charge in [-0.15, -0.1) is 0 Å². The molecule has 1 heterocycles. The molecule has 1 atom stereocenters. The number of carbonyl (C=O) groups is 1.